The van der Waals surface area contributed by atoms with E-state index < -0.39 is 0 Å². The number of piperidine rings is 1. The SMILES string of the molecule is CCCN1CCC(NC(=NC)NCC(C)(C)c2ccccc2)CC1.I. The number of likely N-dealkylation sites (tertiary alicyclic amines) is 1. The minimum absolute atomic E-state index is 0. The predicted octanol–water partition coefficient (Wildman–Crippen LogP) is 3.62. The molecule has 1 aliphatic rings. The average Bonchev–Trinajstić information content (AvgIpc) is 2.61. The Morgan fingerprint density at radius 1 is 1.20 bits per heavy atom. The highest BCUT2D eigenvalue weighted by Gasteiger charge is 2.22. The van der Waals surface area contributed by atoms with E-state index in [1.54, 1.807) is 0 Å². The van der Waals surface area contributed by atoms with Crippen molar-refractivity contribution in [3.63, 3.8) is 0 Å². The minimum atomic E-state index is 0. The standard InChI is InChI=1S/C20H34N4.HI/c1-5-13-24-14-11-18(12-15-24)23-19(21-4)22-16-20(2,3)17-9-7-6-8-10-17;/h6-10,18H,5,11-16H2,1-4H3,(H2,21,22,23);1H. The van der Waals surface area contributed by atoms with Gasteiger partial charge in [0, 0.05) is 38.1 Å². The molecule has 0 aromatic heterocycles. The Bertz CT molecular complexity index is 508. The second-order valence-electron chi connectivity index (χ2n) is 7.44. The normalized spacial score (nSPS) is 17.0. The van der Waals surface area contributed by atoms with Gasteiger partial charge in [-0.3, -0.25) is 4.99 Å². The molecule has 1 saturated heterocycles. The van der Waals surface area contributed by atoms with Gasteiger partial charge in [-0.15, -0.1) is 24.0 Å². The van der Waals surface area contributed by atoms with Gasteiger partial charge in [-0.1, -0.05) is 51.1 Å². The van der Waals surface area contributed by atoms with E-state index in [0.29, 0.717) is 6.04 Å². The molecule has 0 aliphatic carbocycles. The number of benzene rings is 1. The summed E-state index contributed by atoms with van der Waals surface area (Å²) in [5.41, 5.74) is 1.42. The number of hydrogen-bond acceptors (Lipinski definition) is 2. The minimum Gasteiger partial charge on any atom is -0.356 e. The van der Waals surface area contributed by atoms with Gasteiger partial charge in [0.1, 0.15) is 0 Å². The van der Waals surface area contributed by atoms with E-state index in [0.717, 1.165) is 12.5 Å². The molecule has 0 spiro atoms. The summed E-state index contributed by atoms with van der Waals surface area (Å²) in [7, 11) is 1.86. The Hall–Kier alpha value is -0.820. The van der Waals surface area contributed by atoms with Crippen molar-refractivity contribution in [1.82, 2.24) is 15.5 Å². The lowest BCUT2D eigenvalue weighted by Gasteiger charge is -2.33. The van der Waals surface area contributed by atoms with Gasteiger partial charge in [-0.2, -0.15) is 0 Å². The maximum Gasteiger partial charge on any atom is 0.191 e. The van der Waals surface area contributed by atoms with Crippen LogP contribution in [0.15, 0.2) is 35.3 Å². The van der Waals surface area contributed by atoms with E-state index in [9.17, 15) is 0 Å². The number of aliphatic imine (C=N–C) groups is 1. The van der Waals surface area contributed by atoms with Crippen molar-refractivity contribution >= 4 is 29.9 Å². The van der Waals surface area contributed by atoms with Crippen molar-refractivity contribution in [2.75, 3.05) is 33.2 Å². The molecular formula is C20H35IN4. The largest absolute Gasteiger partial charge is 0.356 e. The molecule has 142 valence electrons. The Morgan fingerprint density at radius 2 is 1.84 bits per heavy atom. The number of halogens is 1. The monoisotopic (exact) mass is 458 g/mol. The number of guanidine groups is 1. The predicted molar refractivity (Wildman–Crippen MR) is 119 cm³/mol. The molecule has 0 bridgehead atoms. The van der Waals surface area contributed by atoms with Gasteiger partial charge in [0.25, 0.3) is 0 Å². The van der Waals surface area contributed by atoms with E-state index in [2.05, 4.69) is 71.6 Å². The second-order valence-corrected chi connectivity index (χ2v) is 7.44. The maximum atomic E-state index is 4.42. The average molecular weight is 458 g/mol. The molecule has 1 aliphatic heterocycles. The highest BCUT2D eigenvalue weighted by Crippen LogP contribution is 2.21. The van der Waals surface area contributed by atoms with Crippen LogP contribution in [0.25, 0.3) is 0 Å². The van der Waals surface area contributed by atoms with Crippen molar-refractivity contribution in [2.24, 2.45) is 4.99 Å². The first-order valence-electron chi connectivity index (χ1n) is 9.30. The first kappa shape index (κ1) is 22.2. The van der Waals surface area contributed by atoms with E-state index in [4.69, 9.17) is 0 Å². The molecule has 0 radical (unpaired) electrons. The van der Waals surface area contributed by atoms with Gasteiger partial charge in [-0.25, -0.2) is 0 Å². The Morgan fingerprint density at radius 3 is 2.40 bits per heavy atom. The first-order valence-corrected chi connectivity index (χ1v) is 9.30. The van der Waals surface area contributed by atoms with Gasteiger partial charge < -0.3 is 15.5 Å². The van der Waals surface area contributed by atoms with E-state index in [-0.39, 0.29) is 29.4 Å². The van der Waals surface area contributed by atoms with Gasteiger partial charge in [-0.05, 0) is 31.4 Å². The third-order valence-corrected chi connectivity index (χ3v) is 4.94. The van der Waals surface area contributed by atoms with Crippen LogP contribution in [0.2, 0.25) is 0 Å². The molecule has 0 saturated carbocycles. The summed E-state index contributed by atoms with van der Waals surface area (Å²) in [6.07, 6.45) is 3.64. The molecule has 25 heavy (non-hydrogen) atoms. The fourth-order valence-corrected chi connectivity index (χ4v) is 3.30. The molecule has 1 aromatic rings. The fourth-order valence-electron chi connectivity index (χ4n) is 3.30. The third kappa shape index (κ3) is 7.13. The first-order chi connectivity index (χ1) is 11.5. The molecule has 0 amide bonds. The number of rotatable bonds is 6. The van der Waals surface area contributed by atoms with Gasteiger partial charge in [0.05, 0.1) is 0 Å². The van der Waals surface area contributed by atoms with Gasteiger partial charge in [0.15, 0.2) is 5.96 Å². The summed E-state index contributed by atoms with van der Waals surface area (Å²) in [4.78, 5) is 6.98. The van der Waals surface area contributed by atoms with Crippen LogP contribution in [0.3, 0.4) is 0 Å². The van der Waals surface area contributed by atoms with Crippen LogP contribution in [-0.4, -0.2) is 50.1 Å². The Balaban J connectivity index is 0.00000312. The summed E-state index contributed by atoms with van der Waals surface area (Å²) >= 11 is 0. The molecule has 5 heteroatoms. The van der Waals surface area contributed by atoms with Crippen molar-refractivity contribution in [3.05, 3.63) is 35.9 Å². The van der Waals surface area contributed by atoms with Crippen LogP contribution < -0.4 is 10.6 Å². The van der Waals surface area contributed by atoms with E-state index >= 15 is 0 Å². The lowest BCUT2D eigenvalue weighted by Crippen LogP contribution is -2.50. The fraction of sp³-hybridized carbons (Fsp3) is 0.650. The molecule has 4 nitrogen and oxygen atoms in total. The third-order valence-electron chi connectivity index (χ3n) is 4.94. The van der Waals surface area contributed by atoms with Crippen molar-refractivity contribution in [3.8, 4) is 0 Å². The highest BCUT2D eigenvalue weighted by atomic mass is 127. The van der Waals surface area contributed by atoms with Crippen LogP contribution in [0.1, 0.15) is 45.6 Å². The maximum absolute atomic E-state index is 4.42. The van der Waals surface area contributed by atoms with E-state index in [1.807, 2.05) is 7.05 Å². The number of hydrogen-bond donors (Lipinski definition) is 2. The second kappa shape index (κ2) is 11.0. The van der Waals surface area contributed by atoms with Gasteiger partial charge >= 0.3 is 0 Å². The quantitative estimate of drug-likeness (QED) is 0.389. The van der Waals surface area contributed by atoms with Crippen LogP contribution in [0, 0.1) is 0 Å². The van der Waals surface area contributed by atoms with Crippen LogP contribution in [0.4, 0.5) is 0 Å². The van der Waals surface area contributed by atoms with Crippen LogP contribution >= 0.6 is 24.0 Å². The van der Waals surface area contributed by atoms with Crippen molar-refractivity contribution in [2.45, 2.75) is 51.5 Å². The summed E-state index contributed by atoms with van der Waals surface area (Å²) in [5, 5.41) is 7.12. The zero-order chi connectivity index (χ0) is 17.4. The molecule has 2 rings (SSSR count). The summed E-state index contributed by atoms with van der Waals surface area (Å²) in [6, 6.07) is 11.2. The molecule has 1 heterocycles. The zero-order valence-electron chi connectivity index (χ0n) is 16.2. The smallest absolute Gasteiger partial charge is 0.191 e. The number of nitrogens with zero attached hydrogens (tertiary/aromatic N) is 2. The molecule has 0 atom stereocenters. The summed E-state index contributed by atoms with van der Waals surface area (Å²) < 4.78 is 0. The highest BCUT2D eigenvalue weighted by molar-refractivity contribution is 14.0. The van der Waals surface area contributed by atoms with Crippen LogP contribution in [0.5, 0.6) is 0 Å². The van der Waals surface area contributed by atoms with Crippen molar-refractivity contribution in [1.29, 1.82) is 0 Å². The molecule has 1 fully saturated rings. The number of nitrogens with one attached hydrogen (secondary N) is 2. The molecular weight excluding hydrogens is 423 g/mol. The topological polar surface area (TPSA) is 39.7 Å². The van der Waals surface area contributed by atoms with Crippen LogP contribution in [-0.2, 0) is 5.41 Å². The van der Waals surface area contributed by atoms with E-state index in [1.165, 1.54) is 44.5 Å². The lowest BCUT2D eigenvalue weighted by atomic mass is 9.85. The van der Waals surface area contributed by atoms with Gasteiger partial charge in [0.2, 0.25) is 0 Å². The Labute approximate surface area is 170 Å². The zero-order valence-corrected chi connectivity index (χ0v) is 18.5. The molecule has 0 unspecified atom stereocenters. The lowest BCUT2D eigenvalue weighted by molar-refractivity contribution is 0.206. The summed E-state index contributed by atoms with van der Waals surface area (Å²) in [6.45, 7) is 11.3. The van der Waals surface area contributed by atoms with Crippen molar-refractivity contribution < 1.29 is 0 Å². The molecule has 2 N–H and O–H groups in total. The Kier molecular flexibility index (Phi) is 9.79. The summed E-state index contributed by atoms with van der Waals surface area (Å²) in [5.74, 6) is 0.924. The molecule has 1 aromatic carbocycles.